The van der Waals surface area contributed by atoms with Gasteiger partial charge in [-0.15, -0.1) is 0 Å². The highest BCUT2D eigenvalue weighted by molar-refractivity contribution is 7.80. The SMILES string of the molecule is CC1=C(C(=O)OC(C)C)C(c2ccc(NC(=O)C3CC3)cc2)NC(=S)N1C. The van der Waals surface area contributed by atoms with Gasteiger partial charge in [0.05, 0.1) is 17.7 Å². The van der Waals surface area contributed by atoms with Crippen LogP contribution in [0, 0.1) is 5.92 Å². The highest BCUT2D eigenvalue weighted by Gasteiger charge is 2.34. The molecule has 3 rings (SSSR count). The van der Waals surface area contributed by atoms with Crippen molar-refractivity contribution in [1.29, 1.82) is 0 Å². The van der Waals surface area contributed by atoms with Gasteiger partial charge in [0.25, 0.3) is 0 Å². The smallest absolute Gasteiger partial charge is 0.338 e. The van der Waals surface area contributed by atoms with E-state index in [0.717, 1.165) is 29.8 Å². The van der Waals surface area contributed by atoms with Crippen LogP contribution < -0.4 is 10.6 Å². The Bertz CT molecular complexity index is 797. The maximum Gasteiger partial charge on any atom is 0.338 e. The summed E-state index contributed by atoms with van der Waals surface area (Å²) in [4.78, 5) is 26.4. The van der Waals surface area contributed by atoms with Gasteiger partial charge in [0.2, 0.25) is 5.91 Å². The van der Waals surface area contributed by atoms with Gasteiger partial charge in [0.1, 0.15) is 0 Å². The number of benzene rings is 1. The molecule has 0 saturated heterocycles. The molecule has 1 saturated carbocycles. The second-order valence-electron chi connectivity index (χ2n) is 7.28. The zero-order valence-electron chi connectivity index (χ0n) is 16.0. The summed E-state index contributed by atoms with van der Waals surface area (Å²) in [5, 5.41) is 6.68. The second kappa shape index (κ2) is 7.68. The quantitative estimate of drug-likeness (QED) is 0.598. The third kappa shape index (κ3) is 4.30. The fourth-order valence-electron chi connectivity index (χ4n) is 2.98. The van der Waals surface area contributed by atoms with E-state index in [2.05, 4.69) is 10.6 Å². The first-order valence-corrected chi connectivity index (χ1v) is 9.55. The van der Waals surface area contributed by atoms with Crippen molar-refractivity contribution in [1.82, 2.24) is 10.2 Å². The topological polar surface area (TPSA) is 70.7 Å². The monoisotopic (exact) mass is 387 g/mol. The van der Waals surface area contributed by atoms with Crippen LogP contribution in [0.15, 0.2) is 35.5 Å². The number of ether oxygens (including phenoxy) is 1. The molecule has 1 unspecified atom stereocenters. The Labute approximate surface area is 164 Å². The zero-order valence-corrected chi connectivity index (χ0v) is 16.9. The van der Waals surface area contributed by atoms with E-state index in [0.29, 0.717) is 10.7 Å². The molecule has 0 spiro atoms. The second-order valence-corrected chi connectivity index (χ2v) is 7.67. The lowest BCUT2D eigenvalue weighted by Gasteiger charge is -2.35. The summed E-state index contributed by atoms with van der Waals surface area (Å²) in [5.74, 6) is -0.140. The fraction of sp³-hybridized carbons (Fsp3) is 0.450. The van der Waals surface area contributed by atoms with Gasteiger partial charge >= 0.3 is 5.97 Å². The lowest BCUT2D eigenvalue weighted by Crippen LogP contribution is -2.46. The van der Waals surface area contributed by atoms with Gasteiger partial charge in [-0.05, 0) is 63.5 Å². The number of esters is 1. The van der Waals surface area contributed by atoms with E-state index in [1.807, 2.05) is 52.1 Å². The molecular formula is C20H25N3O3S. The molecule has 1 amide bonds. The number of nitrogens with one attached hydrogen (secondary N) is 2. The zero-order chi connectivity index (χ0) is 19.7. The number of rotatable bonds is 5. The van der Waals surface area contributed by atoms with E-state index < -0.39 is 6.04 Å². The van der Waals surface area contributed by atoms with Gasteiger partial charge in [-0.3, -0.25) is 4.79 Å². The first-order valence-electron chi connectivity index (χ1n) is 9.14. The molecule has 7 heteroatoms. The van der Waals surface area contributed by atoms with E-state index in [9.17, 15) is 9.59 Å². The highest BCUT2D eigenvalue weighted by atomic mass is 32.1. The van der Waals surface area contributed by atoms with Crippen molar-refractivity contribution in [3.63, 3.8) is 0 Å². The fourth-order valence-corrected chi connectivity index (χ4v) is 3.23. The molecule has 0 bridgehead atoms. The Morgan fingerprint density at radius 2 is 1.89 bits per heavy atom. The summed E-state index contributed by atoms with van der Waals surface area (Å²) in [6, 6.07) is 7.08. The van der Waals surface area contributed by atoms with Crippen LogP contribution in [0.25, 0.3) is 0 Å². The summed E-state index contributed by atoms with van der Waals surface area (Å²) in [6.07, 6.45) is 1.72. The largest absolute Gasteiger partial charge is 0.459 e. The number of hydrogen-bond acceptors (Lipinski definition) is 4. The van der Waals surface area contributed by atoms with Crippen LogP contribution >= 0.6 is 12.2 Å². The van der Waals surface area contributed by atoms with Crippen molar-refractivity contribution >= 4 is 34.9 Å². The highest BCUT2D eigenvalue weighted by Crippen LogP contribution is 2.33. The third-order valence-electron chi connectivity index (χ3n) is 4.78. The average molecular weight is 388 g/mol. The van der Waals surface area contributed by atoms with E-state index in [4.69, 9.17) is 17.0 Å². The lowest BCUT2D eigenvalue weighted by atomic mass is 9.95. The van der Waals surface area contributed by atoms with Crippen molar-refractivity contribution < 1.29 is 14.3 Å². The number of hydrogen-bond donors (Lipinski definition) is 2. The first-order chi connectivity index (χ1) is 12.8. The number of carbonyl (C=O) groups is 2. The molecule has 144 valence electrons. The maximum absolute atomic E-state index is 12.7. The molecule has 2 N–H and O–H groups in total. The van der Waals surface area contributed by atoms with Crippen molar-refractivity contribution in [2.45, 2.75) is 45.8 Å². The maximum atomic E-state index is 12.7. The predicted molar refractivity (Wildman–Crippen MR) is 108 cm³/mol. The Hall–Kier alpha value is -2.41. The summed E-state index contributed by atoms with van der Waals surface area (Å²) < 4.78 is 5.44. The number of anilines is 1. The molecule has 1 aliphatic heterocycles. The van der Waals surface area contributed by atoms with Crippen molar-refractivity contribution in [2.24, 2.45) is 5.92 Å². The summed E-state index contributed by atoms with van der Waals surface area (Å²) in [7, 11) is 1.82. The Kier molecular flexibility index (Phi) is 5.51. The van der Waals surface area contributed by atoms with E-state index in [1.165, 1.54) is 0 Å². The Morgan fingerprint density at radius 3 is 2.44 bits per heavy atom. The minimum absolute atomic E-state index is 0.0679. The molecular weight excluding hydrogens is 362 g/mol. The standard InChI is InChI=1S/C20H25N3O3S/c1-11(2)26-19(25)16-12(3)23(4)20(27)22-17(16)13-7-9-15(10-8-13)21-18(24)14-5-6-14/h7-11,14,17H,5-6H2,1-4H3,(H,21,24)(H,22,27). The van der Waals surface area contributed by atoms with Crippen LogP contribution in [0.1, 0.15) is 45.2 Å². The number of nitrogens with zero attached hydrogens (tertiary/aromatic N) is 1. The molecule has 1 aliphatic carbocycles. The molecule has 6 nitrogen and oxygen atoms in total. The summed E-state index contributed by atoms with van der Waals surface area (Å²) in [6.45, 7) is 5.51. The molecule has 1 atom stereocenters. The number of amides is 1. The molecule has 1 aromatic rings. The molecule has 0 radical (unpaired) electrons. The molecule has 1 aromatic carbocycles. The molecule has 0 aromatic heterocycles. The van der Waals surface area contributed by atoms with Crippen LogP contribution in [-0.4, -0.2) is 35.0 Å². The number of allylic oxidation sites excluding steroid dienone is 1. The average Bonchev–Trinajstić information content (AvgIpc) is 3.44. The van der Waals surface area contributed by atoms with Crippen LogP contribution in [0.3, 0.4) is 0 Å². The minimum atomic E-state index is -0.395. The van der Waals surface area contributed by atoms with Crippen molar-refractivity contribution in [2.75, 3.05) is 12.4 Å². The van der Waals surface area contributed by atoms with Crippen LogP contribution in [-0.2, 0) is 14.3 Å². The molecule has 1 fully saturated rings. The lowest BCUT2D eigenvalue weighted by molar-refractivity contribution is -0.143. The minimum Gasteiger partial charge on any atom is -0.459 e. The van der Waals surface area contributed by atoms with E-state index in [1.54, 1.807) is 4.90 Å². The van der Waals surface area contributed by atoms with Crippen molar-refractivity contribution in [3.05, 3.63) is 41.1 Å². The molecule has 2 aliphatic rings. The molecule has 1 heterocycles. The number of thiocarbonyl (C=S) groups is 1. The van der Waals surface area contributed by atoms with Crippen LogP contribution in [0.4, 0.5) is 5.69 Å². The summed E-state index contributed by atoms with van der Waals surface area (Å²) in [5.41, 5.74) is 2.93. The van der Waals surface area contributed by atoms with Gasteiger partial charge < -0.3 is 20.3 Å². The van der Waals surface area contributed by atoms with Gasteiger partial charge in [-0.25, -0.2) is 4.79 Å². The van der Waals surface area contributed by atoms with Crippen LogP contribution in [0.5, 0.6) is 0 Å². The van der Waals surface area contributed by atoms with Crippen LogP contribution in [0.2, 0.25) is 0 Å². The van der Waals surface area contributed by atoms with E-state index in [-0.39, 0.29) is 23.9 Å². The van der Waals surface area contributed by atoms with Gasteiger partial charge in [-0.2, -0.15) is 0 Å². The van der Waals surface area contributed by atoms with Crippen molar-refractivity contribution in [3.8, 4) is 0 Å². The Balaban J connectivity index is 1.86. The molecule has 27 heavy (non-hydrogen) atoms. The predicted octanol–water partition coefficient (Wildman–Crippen LogP) is 3.12. The first kappa shape index (κ1) is 19.4. The van der Waals surface area contributed by atoms with Gasteiger partial charge in [0.15, 0.2) is 5.11 Å². The normalized spacial score (nSPS) is 19.8. The van der Waals surface area contributed by atoms with Gasteiger partial charge in [-0.1, -0.05) is 12.1 Å². The number of carbonyl (C=O) groups excluding carboxylic acids is 2. The van der Waals surface area contributed by atoms with Gasteiger partial charge in [0, 0.05) is 24.4 Å². The van der Waals surface area contributed by atoms with E-state index >= 15 is 0 Å². The summed E-state index contributed by atoms with van der Waals surface area (Å²) >= 11 is 5.40. The third-order valence-corrected chi connectivity index (χ3v) is 5.17. The Morgan fingerprint density at radius 1 is 1.26 bits per heavy atom.